The fourth-order valence-corrected chi connectivity index (χ4v) is 4.41. The van der Waals surface area contributed by atoms with E-state index in [0.717, 1.165) is 11.3 Å². The van der Waals surface area contributed by atoms with Crippen molar-refractivity contribution in [2.24, 2.45) is 11.8 Å². The van der Waals surface area contributed by atoms with Gasteiger partial charge in [-0.1, -0.05) is 24.3 Å². The molecule has 0 spiro atoms. The summed E-state index contributed by atoms with van der Waals surface area (Å²) < 4.78 is 5.45. The Labute approximate surface area is 198 Å². The molecule has 1 saturated heterocycles. The van der Waals surface area contributed by atoms with E-state index >= 15 is 0 Å². The summed E-state index contributed by atoms with van der Waals surface area (Å²) in [5, 5.41) is 15.3. The van der Waals surface area contributed by atoms with Gasteiger partial charge in [-0.25, -0.2) is 0 Å². The number of carboxylic acid groups (broad SMARTS) is 1. The highest BCUT2D eigenvalue weighted by Gasteiger charge is 2.34. The van der Waals surface area contributed by atoms with Crippen molar-refractivity contribution in [1.29, 1.82) is 0 Å². The molecule has 0 saturated carbocycles. The van der Waals surface area contributed by atoms with Crippen molar-refractivity contribution in [1.82, 2.24) is 0 Å². The first kappa shape index (κ1) is 23.5. The SMILES string of the molecule is Cc1cccc(NC(=O)c2cc(NC(=O)[C@H]3CC=CC[C@@H]3C(=O)O)ccc2N2CCOCC2)c1. The maximum Gasteiger partial charge on any atom is 0.307 e. The molecule has 2 atom stereocenters. The van der Waals surface area contributed by atoms with Crippen molar-refractivity contribution in [3.63, 3.8) is 0 Å². The molecule has 0 aromatic heterocycles. The molecule has 2 aromatic carbocycles. The van der Waals surface area contributed by atoms with E-state index < -0.39 is 17.8 Å². The second kappa shape index (κ2) is 10.5. The molecule has 178 valence electrons. The molecule has 8 nitrogen and oxygen atoms in total. The van der Waals surface area contributed by atoms with Crippen LogP contribution in [0.4, 0.5) is 17.1 Å². The number of hydrogen-bond acceptors (Lipinski definition) is 5. The lowest BCUT2D eigenvalue weighted by molar-refractivity contribution is -0.146. The molecule has 1 heterocycles. The highest BCUT2D eigenvalue weighted by Crippen LogP contribution is 2.30. The Morgan fingerprint density at radius 1 is 0.941 bits per heavy atom. The van der Waals surface area contributed by atoms with Crippen LogP contribution in [0.15, 0.2) is 54.6 Å². The van der Waals surface area contributed by atoms with Crippen LogP contribution in [0.5, 0.6) is 0 Å². The lowest BCUT2D eigenvalue weighted by Gasteiger charge is -2.30. The van der Waals surface area contributed by atoms with E-state index in [4.69, 9.17) is 4.74 Å². The van der Waals surface area contributed by atoms with Crippen LogP contribution in [0.3, 0.4) is 0 Å². The lowest BCUT2D eigenvalue weighted by atomic mass is 9.82. The zero-order valence-electron chi connectivity index (χ0n) is 19.1. The van der Waals surface area contributed by atoms with Crippen molar-refractivity contribution in [2.75, 3.05) is 41.8 Å². The van der Waals surface area contributed by atoms with Crippen molar-refractivity contribution in [2.45, 2.75) is 19.8 Å². The number of carboxylic acids is 1. The zero-order valence-corrected chi connectivity index (χ0v) is 19.1. The fraction of sp³-hybridized carbons (Fsp3) is 0.346. The van der Waals surface area contributed by atoms with Crippen LogP contribution >= 0.6 is 0 Å². The number of anilines is 3. The van der Waals surface area contributed by atoms with E-state index in [1.807, 2.05) is 43.3 Å². The molecule has 0 unspecified atom stereocenters. The van der Waals surface area contributed by atoms with Gasteiger partial charge in [0.15, 0.2) is 0 Å². The normalized spacial score (nSPS) is 20.0. The quantitative estimate of drug-likeness (QED) is 0.564. The van der Waals surface area contributed by atoms with Gasteiger partial charge in [0.05, 0.1) is 30.6 Å². The molecule has 8 heteroatoms. The first-order valence-electron chi connectivity index (χ1n) is 11.5. The van der Waals surface area contributed by atoms with Crippen LogP contribution in [0.2, 0.25) is 0 Å². The summed E-state index contributed by atoms with van der Waals surface area (Å²) in [5.41, 5.74) is 3.36. The summed E-state index contributed by atoms with van der Waals surface area (Å²) in [7, 11) is 0. The van der Waals surface area contributed by atoms with Gasteiger partial charge >= 0.3 is 5.97 Å². The van der Waals surface area contributed by atoms with E-state index in [-0.39, 0.29) is 11.8 Å². The Morgan fingerprint density at radius 2 is 1.65 bits per heavy atom. The smallest absolute Gasteiger partial charge is 0.307 e. The molecule has 2 aliphatic rings. The average molecular weight is 464 g/mol. The number of aliphatic carboxylic acids is 1. The van der Waals surface area contributed by atoms with E-state index in [2.05, 4.69) is 15.5 Å². The minimum atomic E-state index is -0.981. The molecule has 1 aliphatic carbocycles. The number of hydrogen-bond donors (Lipinski definition) is 3. The van der Waals surface area contributed by atoms with E-state index in [1.165, 1.54) is 0 Å². The number of benzene rings is 2. The zero-order chi connectivity index (χ0) is 24.1. The third-order valence-corrected chi connectivity index (χ3v) is 6.22. The lowest BCUT2D eigenvalue weighted by Crippen LogP contribution is -2.37. The maximum absolute atomic E-state index is 13.3. The second-order valence-electron chi connectivity index (χ2n) is 8.64. The Balaban J connectivity index is 1.60. The number of ether oxygens (including phenoxy) is 1. The number of nitrogens with one attached hydrogen (secondary N) is 2. The molecule has 2 amide bonds. The third kappa shape index (κ3) is 5.46. The van der Waals surface area contributed by atoms with Gasteiger partial charge in [-0.2, -0.15) is 0 Å². The number of amides is 2. The van der Waals surface area contributed by atoms with Crippen molar-refractivity contribution in [3.8, 4) is 0 Å². The Kier molecular flexibility index (Phi) is 7.27. The van der Waals surface area contributed by atoms with Crippen molar-refractivity contribution in [3.05, 3.63) is 65.7 Å². The van der Waals surface area contributed by atoms with Gasteiger partial charge in [-0.05, 0) is 55.7 Å². The van der Waals surface area contributed by atoms with Crippen LogP contribution in [0, 0.1) is 18.8 Å². The standard InChI is InChI=1S/C26H29N3O5/c1-17-5-4-6-18(15-17)27-25(31)22-16-19(9-10-23(22)29-11-13-34-14-12-29)28-24(30)20-7-2-3-8-21(20)26(32)33/h2-6,9-10,15-16,20-21H,7-8,11-14H2,1H3,(H,27,31)(H,28,30)(H,32,33)/t20-,21-/m0/s1. The van der Waals surface area contributed by atoms with Gasteiger partial charge in [0.2, 0.25) is 5.91 Å². The molecule has 4 rings (SSSR count). The Morgan fingerprint density at radius 3 is 2.35 bits per heavy atom. The topological polar surface area (TPSA) is 108 Å². The second-order valence-corrected chi connectivity index (χ2v) is 8.64. The van der Waals surface area contributed by atoms with Crippen LogP contribution in [-0.2, 0) is 14.3 Å². The molecule has 1 fully saturated rings. The van der Waals surface area contributed by atoms with Gasteiger partial charge in [0.25, 0.3) is 5.91 Å². The summed E-state index contributed by atoms with van der Waals surface area (Å²) in [6, 6.07) is 12.8. The van der Waals surface area contributed by atoms with Gasteiger partial charge in [-0.15, -0.1) is 0 Å². The molecule has 0 radical (unpaired) electrons. The molecule has 2 aromatic rings. The highest BCUT2D eigenvalue weighted by molar-refractivity contribution is 6.09. The molecular weight excluding hydrogens is 434 g/mol. The number of carbonyl (C=O) groups excluding carboxylic acids is 2. The monoisotopic (exact) mass is 463 g/mol. The van der Waals surface area contributed by atoms with Gasteiger partial charge in [0.1, 0.15) is 0 Å². The van der Waals surface area contributed by atoms with Gasteiger partial charge in [-0.3, -0.25) is 14.4 Å². The number of allylic oxidation sites excluding steroid dienone is 2. The summed E-state index contributed by atoms with van der Waals surface area (Å²) >= 11 is 0. The van der Waals surface area contributed by atoms with Crippen LogP contribution in [-0.4, -0.2) is 49.2 Å². The molecular formula is C26H29N3O5. The summed E-state index contributed by atoms with van der Waals surface area (Å²) in [6.07, 6.45) is 4.34. The first-order chi connectivity index (χ1) is 16.4. The summed E-state index contributed by atoms with van der Waals surface area (Å²) in [6.45, 7) is 4.42. The Bertz CT molecular complexity index is 1110. The van der Waals surface area contributed by atoms with Crippen LogP contribution in [0.1, 0.15) is 28.8 Å². The minimum absolute atomic E-state index is 0.285. The van der Waals surface area contributed by atoms with E-state index in [9.17, 15) is 19.5 Å². The van der Waals surface area contributed by atoms with Gasteiger partial charge in [0, 0.05) is 30.2 Å². The van der Waals surface area contributed by atoms with E-state index in [1.54, 1.807) is 18.2 Å². The predicted octanol–water partition coefficient (Wildman–Crippen LogP) is 3.69. The number of morpholine rings is 1. The number of nitrogens with zero attached hydrogens (tertiary/aromatic N) is 1. The van der Waals surface area contributed by atoms with Crippen molar-refractivity contribution >= 4 is 34.8 Å². The van der Waals surface area contributed by atoms with E-state index in [0.29, 0.717) is 56.1 Å². The highest BCUT2D eigenvalue weighted by atomic mass is 16.5. The number of aryl methyl sites for hydroxylation is 1. The molecule has 1 aliphatic heterocycles. The number of rotatable bonds is 6. The van der Waals surface area contributed by atoms with Crippen LogP contribution < -0.4 is 15.5 Å². The summed E-state index contributed by atoms with van der Waals surface area (Å²) in [4.78, 5) is 39.9. The molecule has 3 N–H and O–H groups in total. The fourth-order valence-electron chi connectivity index (χ4n) is 4.41. The predicted molar refractivity (Wildman–Crippen MR) is 130 cm³/mol. The number of carbonyl (C=O) groups is 3. The maximum atomic E-state index is 13.3. The van der Waals surface area contributed by atoms with Crippen molar-refractivity contribution < 1.29 is 24.2 Å². The Hall–Kier alpha value is -3.65. The van der Waals surface area contributed by atoms with Crippen LogP contribution in [0.25, 0.3) is 0 Å². The minimum Gasteiger partial charge on any atom is -0.481 e. The third-order valence-electron chi connectivity index (χ3n) is 6.22. The first-order valence-corrected chi connectivity index (χ1v) is 11.5. The summed E-state index contributed by atoms with van der Waals surface area (Å²) in [5.74, 6) is -3.05. The molecule has 34 heavy (non-hydrogen) atoms. The molecule has 0 bridgehead atoms. The largest absolute Gasteiger partial charge is 0.481 e. The van der Waals surface area contributed by atoms with Gasteiger partial charge < -0.3 is 25.4 Å². The average Bonchev–Trinajstić information content (AvgIpc) is 2.84.